The van der Waals surface area contributed by atoms with E-state index in [9.17, 15) is 4.79 Å². The van der Waals surface area contributed by atoms with Crippen molar-refractivity contribution in [3.05, 3.63) is 64.1 Å². The van der Waals surface area contributed by atoms with Crippen LogP contribution < -0.4 is 5.32 Å². The molecule has 4 rings (SSSR count). The number of thiazole rings is 1. The van der Waals surface area contributed by atoms with Crippen molar-refractivity contribution in [3.8, 4) is 0 Å². The van der Waals surface area contributed by atoms with Crippen LogP contribution in [0.5, 0.6) is 0 Å². The van der Waals surface area contributed by atoms with Crippen molar-refractivity contribution >= 4 is 39.2 Å². The van der Waals surface area contributed by atoms with Gasteiger partial charge < -0.3 is 10.2 Å². The second-order valence-corrected chi connectivity index (χ2v) is 8.51. The fraction of sp³-hybridized carbons (Fsp3) is 0.333. The van der Waals surface area contributed by atoms with E-state index in [4.69, 9.17) is 16.6 Å². The monoisotopic (exact) mass is 399 g/mol. The van der Waals surface area contributed by atoms with E-state index in [0.29, 0.717) is 5.92 Å². The van der Waals surface area contributed by atoms with Crippen molar-refractivity contribution in [3.63, 3.8) is 0 Å². The number of aromatic nitrogens is 1. The summed E-state index contributed by atoms with van der Waals surface area (Å²) in [7, 11) is 0. The lowest BCUT2D eigenvalue weighted by Gasteiger charge is -2.32. The summed E-state index contributed by atoms with van der Waals surface area (Å²) in [5.74, 6) is 0.414. The van der Waals surface area contributed by atoms with Gasteiger partial charge in [-0.2, -0.15) is 0 Å². The number of nitrogens with one attached hydrogen (secondary N) is 1. The third-order valence-electron chi connectivity index (χ3n) is 5.14. The normalized spacial score (nSPS) is 16.4. The molecule has 1 atom stereocenters. The highest BCUT2D eigenvalue weighted by Gasteiger charge is 2.26. The van der Waals surface area contributed by atoms with E-state index in [2.05, 4.69) is 5.32 Å². The minimum Gasteiger partial charge on any atom is -0.331 e. The smallest absolute Gasteiger partial charge is 0.317 e. The Kier molecular flexibility index (Phi) is 5.32. The van der Waals surface area contributed by atoms with Crippen molar-refractivity contribution in [2.75, 3.05) is 13.1 Å². The number of halogens is 1. The van der Waals surface area contributed by atoms with Crippen molar-refractivity contribution in [2.45, 2.75) is 31.7 Å². The molecule has 0 saturated carbocycles. The number of hydrogen-bond acceptors (Lipinski definition) is 3. The third-order valence-corrected chi connectivity index (χ3v) is 6.57. The summed E-state index contributed by atoms with van der Waals surface area (Å²) in [4.78, 5) is 19.3. The minimum absolute atomic E-state index is 0.00503. The molecule has 6 heteroatoms. The van der Waals surface area contributed by atoms with E-state index in [1.807, 2.05) is 60.4 Å². The average molecular weight is 400 g/mol. The Morgan fingerprint density at radius 1 is 1.22 bits per heavy atom. The van der Waals surface area contributed by atoms with Crippen LogP contribution in [-0.4, -0.2) is 29.0 Å². The highest BCUT2D eigenvalue weighted by Crippen LogP contribution is 2.34. The predicted octanol–water partition coefficient (Wildman–Crippen LogP) is 5.60. The number of nitrogens with zero attached hydrogens (tertiary/aromatic N) is 2. The molecule has 1 unspecified atom stereocenters. The van der Waals surface area contributed by atoms with E-state index in [1.54, 1.807) is 11.3 Å². The van der Waals surface area contributed by atoms with Crippen LogP contribution in [0, 0.1) is 0 Å². The Morgan fingerprint density at radius 2 is 1.96 bits per heavy atom. The summed E-state index contributed by atoms with van der Waals surface area (Å²) < 4.78 is 1.17. The van der Waals surface area contributed by atoms with Crippen LogP contribution in [0.2, 0.25) is 5.02 Å². The summed E-state index contributed by atoms with van der Waals surface area (Å²) in [6.45, 7) is 3.54. The Labute approximate surface area is 168 Å². The zero-order valence-electron chi connectivity index (χ0n) is 15.2. The highest BCUT2D eigenvalue weighted by atomic mass is 35.5. The number of benzene rings is 2. The molecule has 1 aromatic heterocycles. The Bertz CT molecular complexity index is 935. The molecular weight excluding hydrogens is 378 g/mol. The molecular formula is C21H22ClN3OS. The maximum absolute atomic E-state index is 12.6. The predicted molar refractivity (Wildman–Crippen MR) is 112 cm³/mol. The molecule has 2 amide bonds. The van der Waals surface area contributed by atoms with Crippen molar-refractivity contribution < 1.29 is 4.79 Å². The van der Waals surface area contributed by atoms with Crippen LogP contribution >= 0.6 is 22.9 Å². The van der Waals surface area contributed by atoms with Gasteiger partial charge in [0.15, 0.2) is 0 Å². The van der Waals surface area contributed by atoms with Gasteiger partial charge >= 0.3 is 6.03 Å². The minimum atomic E-state index is 0.00503. The number of fused-ring (bicyclic) bond motifs is 1. The lowest BCUT2D eigenvalue weighted by atomic mass is 9.98. The largest absolute Gasteiger partial charge is 0.331 e. The fourth-order valence-electron chi connectivity index (χ4n) is 3.52. The number of carbonyl (C=O) groups excluding carboxylic acids is 1. The van der Waals surface area contributed by atoms with Crippen molar-refractivity contribution in [2.24, 2.45) is 0 Å². The van der Waals surface area contributed by atoms with Gasteiger partial charge in [-0.1, -0.05) is 41.9 Å². The number of rotatable bonds is 3. The van der Waals surface area contributed by atoms with Gasteiger partial charge in [0.2, 0.25) is 0 Å². The average Bonchev–Trinajstić information content (AvgIpc) is 3.12. The van der Waals surface area contributed by atoms with E-state index in [1.165, 1.54) is 4.70 Å². The molecule has 1 aliphatic heterocycles. The SMILES string of the molecule is CC(NC(=O)N1CCC(c2nc3cc(Cl)ccc3s2)CC1)c1ccccc1. The first-order chi connectivity index (χ1) is 13.1. The molecule has 0 aliphatic carbocycles. The maximum Gasteiger partial charge on any atom is 0.317 e. The van der Waals surface area contributed by atoms with Crippen LogP contribution in [0.3, 0.4) is 0 Å². The molecule has 2 aromatic carbocycles. The first-order valence-electron chi connectivity index (χ1n) is 9.26. The van der Waals surface area contributed by atoms with Crippen molar-refractivity contribution in [1.29, 1.82) is 0 Å². The molecule has 0 radical (unpaired) electrons. The summed E-state index contributed by atoms with van der Waals surface area (Å²) in [5, 5.41) is 4.99. The van der Waals surface area contributed by atoms with Crippen LogP contribution in [0.4, 0.5) is 4.79 Å². The Hall–Kier alpha value is -2.11. The number of likely N-dealkylation sites (tertiary alicyclic amines) is 1. The molecule has 1 fully saturated rings. The topological polar surface area (TPSA) is 45.2 Å². The molecule has 0 bridgehead atoms. The van der Waals surface area contributed by atoms with E-state index in [-0.39, 0.29) is 12.1 Å². The molecule has 1 aliphatic rings. The van der Waals surface area contributed by atoms with E-state index >= 15 is 0 Å². The van der Waals surface area contributed by atoms with Crippen LogP contribution in [-0.2, 0) is 0 Å². The molecule has 3 aromatic rings. The molecule has 0 spiro atoms. The van der Waals surface area contributed by atoms with Gasteiger partial charge in [-0.25, -0.2) is 9.78 Å². The molecule has 1 saturated heterocycles. The lowest BCUT2D eigenvalue weighted by Crippen LogP contribution is -2.44. The first kappa shape index (κ1) is 18.3. The second kappa shape index (κ2) is 7.87. The van der Waals surface area contributed by atoms with Gasteiger partial charge in [0.25, 0.3) is 0 Å². The first-order valence-corrected chi connectivity index (χ1v) is 10.5. The summed E-state index contributed by atoms with van der Waals surface area (Å²) in [5.41, 5.74) is 2.09. The quantitative estimate of drug-likeness (QED) is 0.623. The molecule has 1 N–H and O–H groups in total. The number of piperidine rings is 1. The van der Waals surface area contributed by atoms with Crippen LogP contribution in [0.1, 0.15) is 42.3 Å². The van der Waals surface area contributed by atoms with Crippen LogP contribution in [0.25, 0.3) is 10.2 Å². The zero-order chi connectivity index (χ0) is 18.8. The fourth-order valence-corrected chi connectivity index (χ4v) is 4.81. The second-order valence-electron chi connectivity index (χ2n) is 7.01. The summed E-state index contributed by atoms with van der Waals surface area (Å²) >= 11 is 7.81. The molecule has 27 heavy (non-hydrogen) atoms. The van der Waals surface area contributed by atoms with E-state index < -0.39 is 0 Å². The maximum atomic E-state index is 12.6. The van der Waals surface area contributed by atoms with Gasteiger partial charge in [-0.3, -0.25) is 0 Å². The number of hydrogen-bond donors (Lipinski definition) is 1. The Balaban J connectivity index is 1.36. The summed E-state index contributed by atoms with van der Waals surface area (Å²) in [6, 6.07) is 15.9. The van der Waals surface area contributed by atoms with E-state index in [0.717, 1.165) is 47.0 Å². The molecule has 2 heterocycles. The van der Waals surface area contributed by atoms with Gasteiger partial charge in [0.05, 0.1) is 21.3 Å². The molecule has 140 valence electrons. The van der Waals surface area contributed by atoms with Crippen molar-refractivity contribution in [1.82, 2.24) is 15.2 Å². The molecule has 4 nitrogen and oxygen atoms in total. The lowest BCUT2D eigenvalue weighted by molar-refractivity contribution is 0.178. The van der Waals surface area contributed by atoms with Gasteiger partial charge in [0, 0.05) is 24.0 Å². The Morgan fingerprint density at radius 3 is 2.70 bits per heavy atom. The van der Waals surface area contributed by atoms with Gasteiger partial charge in [0.1, 0.15) is 0 Å². The number of carbonyl (C=O) groups is 1. The third kappa shape index (κ3) is 4.09. The van der Waals surface area contributed by atoms with Crippen LogP contribution in [0.15, 0.2) is 48.5 Å². The standard InChI is InChI=1S/C21H22ClN3OS/c1-14(15-5-3-2-4-6-15)23-21(26)25-11-9-16(10-12-25)20-24-18-13-17(22)7-8-19(18)27-20/h2-8,13-14,16H,9-12H2,1H3,(H,23,26). The number of urea groups is 1. The highest BCUT2D eigenvalue weighted by molar-refractivity contribution is 7.18. The van der Waals surface area contributed by atoms with Gasteiger partial charge in [-0.05, 0) is 43.5 Å². The number of amides is 2. The van der Waals surface area contributed by atoms with Gasteiger partial charge in [-0.15, -0.1) is 11.3 Å². The zero-order valence-corrected chi connectivity index (χ0v) is 16.8. The summed E-state index contributed by atoms with van der Waals surface area (Å²) in [6.07, 6.45) is 1.89.